The van der Waals surface area contributed by atoms with Crippen LogP contribution in [0.2, 0.25) is 5.02 Å². The lowest BCUT2D eigenvalue weighted by Crippen LogP contribution is -2.15. The molecule has 0 spiro atoms. The van der Waals surface area contributed by atoms with Crippen molar-refractivity contribution in [3.63, 3.8) is 0 Å². The fourth-order valence-electron chi connectivity index (χ4n) is 3.91. The number of carbonyl (C=O) groups is 2. The normalized spacial score (nSPS) is 10.5. The number of benzene rings is 4. The van der Waals surface area contributed by atoms with Crippen molar-refractivity contribution in [2.45, 2.75) is 0 Å². The highest BCUT2D eigenvalue weighted by Crippen LogP contribution is 2.38. The van der Waals surface area contributed by atoms with Gasteiger partial charge in [0, 0.05) is 21.9 Å². The number of rotatable bonds is 8. The number of methoxy groups -OCH3 is 4. The largest absolute Gasteiger partial charge is 0.493 e. The van der Waals surface area contributed by atoms with Gasteiger partial charge in [0.15, 0.2) is 23.0 Å². The number of ether oxygens (including phenoxy) is 4. The zero-order valence-electron chi connectivity index (χ0n) is 20.7. The third-order valence-corrected chi connectivity index (χ3v) is 6.07. The van der Waals surface area contributed by atoms with Crippen molar-refractivity contribution < 1.29 is 28.5 Å². The van der Waals surface area contributed by atoms with Crippen LogP contribution in [0.25, 0.3) is 10.8 Å². The minimum absolute atomic E-state index is 0.259. The van der Waals surface area contributed by atoms with E-state index in [1.54, 1.807) is 42.5 Å². The lowest BCUT2D eigenvalue weighted by molar-refractivity contribution is 0.101. The Bertz CT molecular complexity index is 1490. The molecular weight excluding hydrogens is 496 g/mol. The molecule has 4 aromatic rings. The second-order valence-corrected chi connectivity index (χ2v) is 8.28. The molecule has 0 aliphatic rings. The monoisotopic (exact) mass is 520 g/mol. The van der Waals surface area contributed by atoms with E-state index < -0.39 is 0 Å². The fraction of sp³-hybridized carbons (Fsp3) is 0.143. The first kappa shape index (κ1) is 25.7. The first-order valence-electron chi connectivity index (χ1n) is 11.2. The molecular formula is C28H25ClN2O6. The summed E-state index contributed by atoms with van der Waals surface area (Å²) < 4.78 is 21.1. The van der Waals surface area contributed by atoms with Crippen LogP contribution in [0.1, 0.15) is 20.7 Å². The molecule has 4 rings (SSSR count). The average molecular weight is 521 g/mol. The smallest absolute Gasteiger partial charge is 0.255 e. The summed E-state index contributed by atoms with van der Waals surface area (Å²) in [6.07, 6.45) is 0. The molecule has 0 aliphatic heterocycles. The van der Waals surface area contributed by atoms with Gasteiger partial charge in [0.1, 0.15) is 0 Å². The molecule has 190 valence electrons. The van der Waals surface area contributed by atoms with Gasteiger partial charge in [-0.15, -0.1) is 0 Å². The molecule has 0 aromatic heterocycles. The van der Waals surface area contributed by atoms with E-state index in [1.165, 1.54) is 28.4 Å². The van der Waals surface area contributed by atoms with Gasteiger partial charge in [0.05, 0.1) is 44.8 Å². The van der Waals surface area contributed by atoms with Crippen LogP contribution < -0.4 is 29.6 Å². The van der Waals surface area contributed by atoms with Crippen LogP contribution in [0, 0.1) is 0 Å². The number of carbonyl (C=O) groups excluding carboxylic acids is 2. The molecule has 4 aromatic carbocycles. The van der Waals surface area contributed by atoms with E-state index in [4.69, 9.17) is 30.5 Å². The predicted octanol–water partition coefficient (Wildman–Crippen LogP) is 6.03. The summed E-state index contributed by atoms with van der Waals surface area (Å²) in [6, 6.07) is 18.7. The standard InChI is InChI=1S/C28H25ClN2O6/c1-34-22-11-9-16(13-24(22)36-3)27(32)30-21-15-20(29)26(19-8-6-5-7-18(19)21)31-28(33)17-10-12-23(35-2)25(14-17)37-4/h5-15H,1-4H3,(H,30,32)(H,31,33). The Labute approximate surface area is 219 Å². The Balaban J connectivity index is 1.66. The van der Waals surface area contributed by atoms with E-state index in [1.807, 2.05) is 24.3 Å². The van der Waals surface area contributed by atoms with E-state index in [0.29, 0.717) is 56.3 Å². The summed E-state index contributed by atoms with van der Waals surface area (Å²) in [6.45, 7) is 0. The molecule has 0 aliphatic carbocycles. The minimum Gasteiger partial charge on any atom is -0.493 e. The minimum atomic E-state index is -0.380. The van der Waals surface area contributed by atoms with Crippen LogP contribution in [0.3, 0.4) is 0 Å². The maximum atomic E-state index is 13.1. The summed E-state index contributed by atoms with van der Waals surface area (Å²) in [5, 5.41) is 7.41. The molecule has 8 nitrogen and oxygen atoms in total. The van der Waals surface area contributed by atoms with Gasteiger partial charge in [0.25, 0.3) is 11.8 Å². The third kappa shape index (κ3) is 5.24. The fourth-order valence-corrected chi connectivity index (χ4v) is 4.17. The topological polar surface area (TPSA) is 95.1 Å². The molecule has 0 unspecified atom stereocenters. The van der Waals surface area contributed by atoms with Crippen molar-refractivity contribution in [1.82, 2.24) is 0 Å². The average Bonchev–Trinajstić information content (AvgIpc) is 2.93. The van der Waals surface area contributed by atoms with Gasteiger partial charge < -0.3 is 29.6 Å². The van der Waals surface area contributed by atoms with Gasteiger partial charge in [-0.25, -0.2) is 0 Å². The molecule has 0 radical (unpaired) electrons. The second kappa shape index (κ2) is 11.1. The van der Waals surface area contributed by atoms with Crippen molar-refractivity contribution in [2.75, 3.05) is 39.1 Å². The molecule has 2 N–H and O–H groups in total. The Morgan fingerprint density at radius 2 is 1.11 bits per heavy atom. The Kier molecular flexibility index (Phi) is 7.69. The molecule has 2 amide bonds. The zero-order valence-corrected chi connectivity index (χ0v) is 21.4. The maximum Gasteiger partial charge on any atom is 0.255 e. The Hall–Kier alpha value is -4.43. The summed E-state index contributed by atoms with van der Waals surface area (Å²) >= 11 is 6.62. The molecule has 0 fully saturated rings. The van der Waals surface area contributed by atoms with Gasteiger partial charge >= 0.3 is 0 Å². The van der Waals surface area contributed by atoms with Crippen LogP contribution >= 0.6 is 11.6 Å². The van der Waals surface area contributed by atoms with Crippen LogP contribution in [0.5, 0.6) is 23.0 Å². The Morgan fingerprint density at radius 3 is 1.62 bits per heavy atom. The van der Waals surface area contributed by atoms with E-state index in [-0.39, 0.29) is 16.8 Å². The number of hydrogen-bond donors (Lipinski definition) is 2. The van der Waals surface area contributed by atoms with Gasteiger partial charge in [-0.1, -0.05) is 35.9 Å². The predicted molar refractivity (Wildman–Crippen MR) is 144 cm³/mol. The molecule has 0 atom stereocenters. The quantitative estimate of drug-likeness (QED) is 0.294. The second-order valence-electron chi connectivity index (χ2n) is 7.87. The Morgan fingerprint density at radius 1 is 0.622 bits per heavy atom. The molecule has 0 bridgehead atoms. The summed E-state index contributed by atoms with van der Waals surface area (Å²) in [5.41, 5.74) is 1.65. The van der Waals surface area contributed by atoms with Crippen molar-refractivity contribution in [2.24, 2.45) is 0 Å². The van der Waals surface area contributed by atoms with E-state index in [0.717, 1.165) is 0 Å². The first-order chi connectivity index (χ1) is 17.9. The summed E-state index contributed by atoms with van der Waals surface area (Å²) in [5.74, 6) is 1.16. The number of amides is 2. The third-order valence-electron chi connectivity index (χ3n) is 5.77. The van der Waals surface area contributed by atoms with E-state index in [9.17, 15) is 9.59 Å². The van der Waals surface area contributed by atoms with E-state index in [2.05, 4.69) is 10.6 Å². The molecule has 0 heterocycles. The summed E-state index contributed by atoms with van der Waals surface area (Å²) in [4.78, 5) is 26.1. The number of fused-ring (bicyclic) bond motifs is 1. The van der Waals surface area contributed by atoms with Crippen LogP contribution in [0.15, 0.2) is 66.7 Å². The zero-order chi connectivity index (χ0) is 26.5. The molecule has 0 saturated heterocycles. The van der Waals surface area contributed by atoms with Gasteiger partial charge in [-0.3, -0.25) is 9.59 Å². The SMILES string of the molecule is COc1ccc(C(=O)Nc2cc(Cl)c(NC(=O)c3ccc(OC)c(OC)c3)c3ccccc23)cc1OC. The van der Waals surface area contributed by atoms with Gasteiger partial charge in [0.2, 0.25) is 0 Å². The first-order valence-corrected chi connectivity index (χ1v) is 11.6. The number of anilines is 2. The van der Waals surface area contributed by atoms with E-state index >= 15 is 0 Å². The lowest BCUT2D eigenvalue weighted by atomic mass is 10.1. The van der Waals surface area contributed by atoms with Crippen LogP contribution in [0.4, 0.5) is 11.4 Å². The highest BCUT2D eigenvalue weighted by molar-refractivity contribution is 6.37. The number of hydrogen-bond acceptors (Lipinski definition) is 6. The highest BCUT2D eigenvalue weighted by atomic mass is 35.5. The van der Waals surface area contributed by atoms with Crippen molar-refractivity contribution in [3.8, 4) is 23.0 Å². The highest BCUT2D eigenvalue weighted by Gasteiger charge is 2.18. The van der Waals surface area contributed by atoms with Crippen LogP contribution in [-0.2, 0) is 0 Å². The number of halogens is 1. The molecule has 0 saturated carbocycles. The molecule has 37 heavy (non-hydrogen) atoms. The van der Waals surface area contributed by atoms with Crippen molar-refractivity contribution in [3.05, 3.63) is 82.9 Å². The van der Waals surface area contributed by atoms with Gasteiger partial charge in [-0.05, 0) is 42.5 Å². The maximum absolute atomic E-state index is 13.1. The van der Waals surface area contributed by atoms with Crippen molar-refractivity contribution in [1.29, 1.82) is 0 Å². The van der Waals surface area contributed by atoms with Crippen molar-refractivity contribution >= 4 is 45.6 Å². The number of nitrogens with one attached hydrogen (secondary N) is 2. The summed E-state index contributed by atoms with van der Waals surface area (Å²) in [7, 11) is 6.05. The van der Waals surface area contributed by atoms with Crippen LogP contribution in [-0.4, -0.2) is 40.3 Å². The van der Waals surface area contributed by atoms with Gasteiger partial charge in [-0.2, -0.15) is 0 Å². The molecule has 9 heteroatoms. The lowest BCUT2D eigenvalue weighted by Gasteiger charge is -2.16.